The summed E-state index contributed by atoms with van der Waals surface area (Å²) in [7, 11) is 1.56. The molecule has 1 aromatic carbocycles. The summed E-state index contributed by atoms with van der Waals surface area (Å²) in [5, 5.41) is 8.90. The molecule has 1 N–H and O–H groups in total. The van der Waals surface area contributed by atoms with Gasteiger partial charge in [0.2, 0.25) is 5.88 Å². The number of carbonyl (C=O) groups is 1. The zero-order valence-electron chi connectivity index (χ0n) is 11.5. The van der Waals surface area contributed by atoms with E-state index in [0.717, 1.165) is 5.56 Å². The van der Waals surface area contributed by atoms with E-state index in [1.54, 1.807) is 20.1 Å². The number of benzene rings is 1. The first kappa shape index (κ1) is 13.9. The molecule has 0 bridgehead atoms. The number of carboxylic acids is 1. The Kier molecular flexibility index (Phi) is 3.89. The number of aryl methyl sites for hydroxylation is 2. The Morgan fingerprint density at radius 2 is 1.95 bits per heavy atom. The second-order valence-electron chi connectivity index (χ2n) is 4.41. The van der Waals surface area contributed by atoms with E-state index in [0.29, 0.717) is 22.9 Å². The zero-order chi connectivity index (χ0) is 14.7. The minimum Gasteiger partial charge on any atom is -0.493 e. The SMILES string of the molecule is COc1cc(C)ccc1Oc1ncc(C(=O)O)cc1C. The van der Waals surface area contributed by atoms with Gasteiger partial charge in [-0.15, -0.1) is 0 Å². The molecular weight excluding hydrogens is 258 g/mol. The predicted octanol–water partition coefficient (Wildman–Crippen LogP) is 3.20. The molecule has 0 aliphatic carbocycles. The lowest BCUT2D eigenvalue weighted by molar-refractivity contribution is 0.0696. The van der Waals surface area contributed by atoms with Gasteiger partial charge in [-0.05, 0) is 37.6 Å². The molecule has 0 saturated heterocycles. The lowest BCUT2D eigenvalue weighted by atomic mass is 10.2. The number of pyridine rings is 1. The third kappa shape index (κ3) is 2.88. The van der Waals surface area contributed by atoms with Gasteiger partial charge in [0.05, 0.1) is 12.7 Å². The van der Waals surface area contributed by atoms with Crippen molar-refractivity contribution < 1.29 is 19.4 Å². The second-order valence-corrected chi connectivity index (χ2v) is 4.41. The van der Waals surface area contributed by atoms with Gasteiger partial charge in [-0.3, -0.25) is 0 Å². The van der Waals surface area contributed by atoms with Crippen LogP contribution >= 0.6 is 0 Å². The highest BCUT2D eigenvalue weighted by Crippen LogP contribution is 2.32. The largest absolute Gasteiger partial charge is 0.493 e. The molecule has 0 amide bonds. The van der Waals surface area contributed by atoms with Crippen LogP contribution in [-0.2, 0) is 0 Å². The third-order valence-corrected chi connectivity index (χ3v) is 2.80. The average Bonchev–Trinajstić information content (AvgIpc) is 2.42. The van der Waals surface area contributed by atoms with Crippen LogP contribution in [0.25, 0.3) is 0 Å². The number of rotatable bonds is 4. The van der Waals surface area contributed by atoms with Crippen molar-refractivity contribution in [1.29, 1.82) is 0 Å². The fourth-order valence-electron chi connectivity index (χ4n) is 1.75. The molecule has 5 heteroatoms. The maximum Gasteiger partial charge on any atom is 0.337 e. The molecule has 2 rings (SSSR count). The lowest BCUT2D eigenvalue weighted by Gasteiger charge is -2.12. The minimum atomic E-state index is -1.01. The molecule has 1 aromatic heterocycles. The first-order chi connectivity index (χ1) is 9.51. The van der Waals surface area contributed by atoms with Crippen LogP contribution in [0.1, 0.15) is 21.5 Å². The smallest absolute Gasteiger partial charge is 0.337 e. The van der Waals surface area contributed by atoms with Crippen molar-refractivity contribution in [2.75, 3.05) is 7.11 Å². The normalized spacial score (nSPS) is 10.2. The molecule has 5 nitrogen and oxygen atoms in total. The number of aromatic nitrogens is 1. The van der Waals surface area contributed by atoms with Crippen LogP contribution < -0.4 is 9.47 Å². The first-order valence-corrected chi connectivity index (χ1v) is 6.03. The van der Waals surface area contributed by atoms with E-state index in [4.69, 9.17) is 14.6 Å². The summed E-state index contributed by atoms with van der Waals surface area (Å²) in [5.74, 6) is 0.488. The van der Waals surface area contributed by atoms with Crippen molar-refractivity contribution in [3.8, 4) is 17.4 Å². The highest BCUT2D eigenvalue weighted by Gasteiger charge is 2.11. The summed E-state index contributed by atoms with van der Waals surface area (Å²) >= 11 is 0. The monoisotopic (exact) mass is 273 g/mol. The van der Waals surface area contributed by atoms with Crippen molar-refractivity contribution in [3.05, 3.63) is 47.2 Å². The fraction of sp³-hybridized carbons (Fsp3) is 0.200. The fourth-order valence-corrected chi connectivity index (χ4v) is 1.75. The van der Waals surface area contributed by atoms with E-state index in [-0.39, 0.29) is 5.56 Å². The molecule has 0 saturated carbocycles. The number of aromatic carboxylic acids is 1. The van der Waals surface area contributed by atoms with Gasteiger partial charge in [-0.1, -0.05) is 6.07 Å². The third-order valence-electron chi connectivity index (χ3n) is 2.80. The molecule has 1 heterocycles. The van der Waals surface area contributed by atoms with Gasteiger partial charge in [0.1, 0.15) is 0 Å². The molecule has 2 aromatic rings. The van der Waals surface area contributed by atoms with Crippen molar-refractivity contribution in [3.63, 3.8) is 0 Å². The maximum absolute atomic E-state index is 10.9. The lowest BCUT2D eigenvalue weighted by Crippen LogP contribution is -2.00. The summed E-state index contributed by atoms with van der Waals surface area (Å²) in [5.41, 5.74) is 1.83. The highest BCUT2D eigenvalue weighted by atomic mass is 16.5. The Morgan fingerprint density at radius 3 is 2.55 bits per heavy atom. The van der Waals surface area contributed by atoms with Crippen molar-refractivity contribution >= 4 is 5.97 Å². The number of ether oxygens (including phenoxy) is 2. The molecule has 0 unspecified atom stereocenters. The van der Waals surface area contributed by atoms with Crippen LogP contribution in [0, 0.1) is 13.8 Å². The first-order valence-electron chi connectivity index (χ1n) is 6.03. The minimum absolute atomic E-state index is 0.130. The molecule has 104 valence electrons. The van der Waals surface area contributed by atoms with E-state index >= 15 is 0 Å². The van der Waals surface area contributed by atoms with Crippen molar-refractivity contribution in [2.45, 2.75) is 13.8 Å². The molecule has 0 aliphatic rings. The Bertz CT molecular complexity index is 652. The Hall–Kier alpha value is -2.56. The van der Waals surface area contributed by atoms with E-state index in [1.165, 1.54) is 12.3 Å². The van der Waals surface area contributed by atoms with Gasteiger partial charge < -0.3 is 14.6 Å². The second kappa shape index (κ2) is 5.61. The molecule has 20 heavy (non-hydrogen) atoms. The van der Waals surface area contributed by atoms with Gasteiger partial charge >= 0.3 is 5.97 Å². The van der Waals surface area contributed by atoms with Gasteiger partial charge in [-0.2, -0.15) is 0 Å². The number of nitrogens with zero attached hydrogens (tertiary/aromatic N) is 1. The number of methoxy groups -OCH3 is 1. The number of carboxylic acid groups (broad SMARTS) is 1. The Balaban J connectivity index is 2.33. The molecule has 0 fully saturated rings. The molecule has 0 atom stereocenters. The van der Waals surface area contributed by atoms with E-state index in [1.807, 2.05) is 19.1 Å². The highest BCUT2D eigenvalue weighted by molar-refractivity contribution is 5.87. The standard InChI is InChI=1S/C15H15NO4/c1-9-4-5-12(13(6-9)19-3)20-14-10(2)7-11(8-16-14)15(17)18/h4-8H,1-3H3,(H,17,18). The van der Waals surface area contributed by atoms with E-state index in [2.05, 4.69) is 4.98 Å². The summed E-state index contributed by atoms with van der Waals surface area (Å²) < 4.78 is 10.9. The molecular formula is C15H15NO4. The number of hydrogen-bond acceptors (Lipinski definition) is 4. The Morgan fingerprint density at radius 1 is 1.20 bits per heavy atom. The van der Waals surface area contributed by atoms with Gasteiger partial charge in [0.15, 0.2) is 11.5 Å². The van der Waals surface area contributed by atoms with Crippen LogP contribution in [0.15, 0.2) is 30.5 Å². The van der Waals surface area contributed by atoms with Crippen molar-refractivity contribution in [1.82, 2.24) is 4.98 Å². The predicted molar refractivity (Wildman–Crippen MR) is 73.7 cm³/mol. The van der Waals surface area contributed by atoms with Gasteiger partial charge in [0, 0.05) is 11.8 Å². The van der Waals surface area contributed by atoms with Crippen LogP contribution in [0.3, 0.4) is 0 Å². The van der Waals surface area contributed by atoms with Crippen molar-refractivity contribution in [2.24, 2.45) is 0 Å². The molecule has 0 radical (unpaired) electrons. The number of hydrogen-bond donors (Lipinski definition) is 1. The van der Waals surface area contributed by atoms with Crippen LogP contribution in [-0.4, -0.2) is 23.2 Å². The van der Waals surface area contributed by atoms with Crippen LogP contribution in [0.5, 0.6) is 17.4 Å². The van der Waals surface area contributed by atoms with Crippen LogP contribution in [0.4, 0.5) is 0 Å². The summed E-state index contributed by atoms with van der Waals surface area (Å²) in [6.07, 6.45) is 1.27. The summed E-state index contributed by atoms with van der Waals surface area (Å²) in [4.78, 5) is 14.9. The van der Waals surface area contributed by atoms with Crippen LogP contribution in [0.2, 0.25) is 0 Å². The van der Waals surface area contributed by atoms with E-state index in [9.17, 15) is 4.79 Å². The zero-order valence-corrected chi connectivity index (χ0v) is 11.5. The van der Waals surface area contributed by atoms with Gasteiger partial charge in [-0.25, -0.2) is 9.78 Å². The summed E-state index contributed by atoms with van der Waals surface area (Å²) in [6, 6.07) is 7.07. The quantitative estimate of drug-likeness (QED) is 0.926. The topological polar surface area (TPSA) is 68.7 Å². The molecule has 0 spiro atoms. The maximum atomic E-state index is 10.9. The average molecular weight is 273 g/mol. The Labute approximate surface area is 116 Å². The van der Waals surface area contributed by atoms with E-state index < -0.39 is 5.97 Å². The molecule has 0 aliphatic heterocycles. The summed E-state index contributed by atoms with van der Waals surface area (Å²) in [6.45, 7) is 3.70. The van der Waals surface area contributed by atoms with Gasteiger partial charge in [0.25, 0.3) is 0 Å².